The molecule has 22 heavy (non-hydrogen) atoms. The van der Waals surface area contributed by atoms with E-state index in [2.05, 4.69) is 0 Å². The van der Waals surface area contributed by atoms with Crippen LogP contribution in [0.5, 0.6) is 0 Å². The van der Waals surface area contributed by atoms with Crippen molar-refractivity contribution in [3.05, 3.63) is 78.9 Å². The van der Waals surface area contributed by atoms with E-state index in [9.17, 15) is 14.4 Å². The highest BCUT2D eigenvalue weighted by Gasteiger charge is 2.14. The molecule has 0 aliphatic heterocycles. The maximum atomic E-state index is 11.7. The van der Waals surface area contributed by atoms with E-state index in [1.54, 1.807) is 18.2 Å². The zero-order valence-electron chi connectivity index (χ0n) is 11.7. The number of hydrogen-bond acceptors (Lipinski definition) is 3. The largest absolute Gasteiger partial charge is 0.807 e. The Morgan fingerprint density at radius 2 is 1.18 bits per heavy atom. The minimum atomic E-state index is -4.87. The third kappa shape index (κ3) is 2.88. The van der Waals surface area contributed by atoms with Crippen LogP contribution in [0.4, 0.5) is 0 Å². The molecule has 0 unspecified atom stereocenters. The van der Waals surface area contributed by atoms with Gasteiger partial charge in [-0.05, 0) is 35.2 Å². The molecular weight excluding hydrogens is 295 g/mol. The topological polar surface area (TPSA) is 63.2 Å². The SMILES string of the molecule is O=P([O-])([O-])c1cccc(-c2ccccc2)c1-c1ccccc1. The normalized spacial score (nSPS) is 11.4. The maximum absolute atomic E-state index is 11.7. The first kappa shape index (κ1) is 14.7. The van der Waals surface area contributed by atoms with Gasteiger partial charge in [-0.3, -0.25) is 0 Å². The molecule has 4 heteroatoms. The van der Waals surface area contributed by atoms with Crippen molar-refractivity contribution in [2.75, 3.05) is 0 Å². The van der Waals surface area contributed by atoms with E-state index in [0.29, 0.717) is 11.1 Å². The van der Waals surface area contributed by atoms with Gasteiger partial charge in [0.1, 0.15) is 0 Å². The number of hydrogen-bond donors (Lipinski definition) is 0. The van der Waals surface area contributed by atoms with Crippen LogP contribution < -0.4 is 15.1 Å². The van der Waals surface area contributed by atoms with Gasteiger partial charge < -0.3 is 14.4 Å². The zero-order chi connectivity index (χ0) is 15.6. The van der Waals surface area contributed by atoms with Crippen LogP contribution in [0.25, 0.3) is 22.3 Å². The minimum absolute atomic E-state index is 0.167. The molecule has 3 aromatic carbocycles. The van der Waals surface area contributed by atoms with E-state index >= 15 is 0 Å². The molecular formula is C18H13O3P-2. The molecule has 0 bridgehead atoms. The van der Waals surface area contributed by atoms with Crippen LogP contribution in [0, 0.1) is 0 Å². The Hall–Kier alpha value is -2.19. The molecule has 0 fully saturated rings. The van der Waals surface area contributed by atoms with E-state index in [-0.39, 0.29) is 5.30 Å². The summed E-state index contributed by atoms with van der Waals surface area (Å²) in [5.41, 5.74) is 2.78. The van der Waals surface area contributed by atoms with Gasteiger partial charge in [0, 0.05) is 0 Å². The average Bonchev–Trinajstić information content (AvgIpc) is 2.55. The fraction of sp³-hybridized carbons (Fsp3) is 0. The van der Waals surface area contributed by atoms with Crippen molar-refractivity contribution >= 4 is 12.9 Å². The Bertz CT molecular complexity index is 823. The predicted molar refractivity (Wildman–Crippen MR) is 84.6 cm³/mol. The molecule has 0 saturated carbocycles. The van der Waals surface area contributed by atoms with E-state index in [4.69, 9.17) is 0 Å². The van der Waals surface area contributed by atoms with Crippen LogP contribution in [0.15, 0.2) is 78.9 Å². The molecule has 3 rings (SSSR count). The molecule has 0 atom stereocenters. The summed E-state index contributed by atoms with van der Waals surface area (Å²) in [7, 11) is -4.87. The zero-order valence-corrected chi connectivity index (χ0v) is 12.6. The summed E-state index contributed by atoms with van der Waals surface area (Å²) in [5, 5.41) is -0.167. The Kier molecular flexibility index (Phi) is 3.95. The smallest absolute Gasteiger partial charge is 0.00210 e. The van der Waals surface area contributed by atoms with E-state index in [1.807, 2.05) is 54.6 Å². The Morgan fingerprint density at radius 1 is 0.636 bits per heavy atom. The average molecular weight is 308 g/mol. The van der Waals surface area contributed by atoms with Crippen molar-refractivity contribution in [2.45, 2.75) is 0 Å². The van der Waals surface area contributed by atoms with Gasteiger partial charge in [0.05, 0.1) is 0 Å². The van der Waals surface area contributed by atoms with E-state index in [1.165, 1.54) is 6.07 Å². The fourth-order valence-electron chi connectivity index (χ4n) is 2.53. The second-order valence-electron chi connectivity index (χ2n) is 4.93. The van der Waals surface area contributed by atoms with Crippen LogP contribution in [-0.2, 0) is 4.57 Å². The lowest BCUT2D eigenvalue weighted by molar-refractivity contribution is -0.307. The molecule has 3 nitrogen and oxygen atoms in total. The van der Waals surface area contributed by atoms with Gasteiger partial charge in [0.2, 0.25) is 0 Å². The van der Waals surface area contributed by atoms with Crippen LogP contribution in [0.1, 0.15) is 0 Å². The Labute approximate surface area is 129 Å². The van der Waals surface area contributed by atoms with Gasteiger partial charge in [-0.2, -0.15) is 0 Å². The summed E-state index contributed by atoms with van der Waals surface area (Å²) in [6.07, 6.45) is 0. The minimum Gasteiger partial charge on any atom is -0.807 e. The first-order valence-corrected chi connectivity index (χ1v) is 8.38. The molecule has 0 aliphatic rings. The Balaban J connectivity index is 2.35. The van der Waals surface area contributed by atoms with Gasteiger partial charge in [-0.15, -0.1) is 0 Å². The van der Waals surface area contributed by atoms with Crippen molar-refractivity contribution in [3.8, 4) is 22.3 Å². The summed E-state index contributed by atoms with van der Waals surface area (Å²) < 4.78 is 11.7. The summed E-state index contributed by atoms with van der Waals surface area (Å²) in [6, 6.07) is 23.3. The highest BCUT2D eigenvalue weighted by molar-refractivity contribution is 7.57. The summed E-state index contributed by atoms with van der Waals surface area (Å²) in [4.78, 5) is 23.4. The molecule has 0 amide bonds. The first-order chi connectivity index (χ1) is 10.6. The maximum Gasteiger partial charge on any atom is -0.00210 e. The van der Waals surface area contributed by atoms with Crippen LogP contribution >= 0.6 is 7.60 Å². The summed E-state index contributed by atoms with van der Waals surface area (Å²) in [5.74, 6) is 0. The molecule has 0 radical (unpaired) electrons. The van der Waals surface area contributed by atoms with E-state index in [0.717, 1.165) is 11.1 Å². The fourth-order valence-corrected chi connectivity index (χ4v) is 3.33. The van der Waals surface area contributed by atoms with Crippen molar-refractivity contribution < 1.29 is 14.4 Å². The lowest BCUT2D eigenvalue weighted by Gasteiger charge is -2.33. The van der Waals surface area contributed by atoms with Gasteiger partial charge >= 0.3 is 0 Å². The third-order valence-corrected chi connectivity index (χ3v) is 4.45. The van der Waals surface area contributed by atoms with Gasteiger partial charge in [-0.1, -0.05) is 78.9 Å². The van der Waals surface area contributed by atoms with Crippen LogP contribution in [-0.4, -0.2) is 0 Å². The monoisotopic (exact) mass is 308 g/mol. The third-order valence-electron chi connectivity index (χ3n) is 3.48. The van der Waals surface area contributed by atoms with Crippen LogP contribution in [0.3, 0.4) is 0 Å². The number of benzene rings is 3. The lowest BCUT2D eigenvalue weighted by atomic mass is 9.94. The molecule has 110 valence electrons. The quantitative estimate of drug-likeness (QED) is 0.699. The molecule has 0 aromatic heterocycles. The molecule has 0 heterocycles. The molecule has 0 saturated heterocycles. The standard InChI is InChI=1S/C18H15O3P/c19-22(20,21)17-13-7-12-16(14-8-3-1-4-9-14)18(17)15-10-5-2-6-11-15/h1-13H,(H2,19,20,21)/p-2. The second-order valence-corrected chi connectivity index (χ2v) is 6.41. The van der Waals surface area contributed by atoms with Gasteiger partial charge in [0.25, 0.3) is 0 Å². The van der Waals surface area contributed by atoms with Crippen LogP contribution in [0.2, 0.25) is 0 Å². The molecule has 0 N–H and O–H groups in total. The second kappa shape index (κ2) is 5.90. The van der Waals surface area contributed by atoms with Gasteiger partial charge in [-0.25, -0.2) is 0 Å². The van der Waals surface area contributed by atoms with Crippen molar-refractivity contribution in [3.63, 3.8) is 0 Å². The molecule has 0 aliphatic carbocycles. The highest BCUT2D eigenvalue weighted by atomic mass is 31.2. The summed E-state index contributed by atoms with van der Waals surface area (Å²) >= 11 is 0. The predicted octanol–water partition coefficient (Wildman–Crippen LogP) is 2.56. The van der Waals surface area contributed by atoms with Crippen molar-refractivity contribution in [2.24, 2.45) is 0 Å². The molecule has 3 aromatic rings. The van der Waals surface area contributed by atoms with Crippen molar-refractivity contribution in [1.29, 1.82) is 0 Å². The summed E-state index contributed by atoms with van der Waals surface area (Å²) in [6.45, 7) is 0. The highest BCUT2D eigenvalue weighted by Crippen LogP contribution is 2.37. The lowest BCUT2D eigenvalue weighted by Crippen LogP contribution is -2.26. The first-order valence-electron chi connectivity index (χ1n) is 6.84. The Morgan fingerprint density at radius 3 is 1.73 bits per heavy atom. The van der Waals surface area contributed by atoms with E-state index < -0.39 is 7.60 Å². The number of rotatable bonds is 3. The molecule has 0 spiro atoms. The van der Waals surface area contributed by atoms with Crippen molar-refractivity contribution in [1.82, 2.24) is 0 Å². The van der Waals surface area contributed by atoms with Gasteiger partial charge in [0.15, 0.2) is 0 Å².